The topological polar surface area (TPSA) is 83.0 Å². The Kier molecular flexibility index (Phi) is 5.43. The van der Waals surface area contributed by atoms with E-state index in [-0.39, 0.29) is 5.82 Å². The van der Waals surface area contributed by atoms with Crippen molar-refractivity contribution in [3.63, 3.8) is 0 Å². The first kappa shape index (κ1) is 23.1. The molecule has 1 aliphatic carbocycles. The summed E-state index contributed by atoms with van der Waals surface area (Å²) >= 11 is 0. The van der Waals surface area contributed by atoms with Crippen LogP contribution < -0.4 is 4.74 Å². The van der Waals surface area contributed by atoms with Gasteiger partial charge in [0.1, 0.15) is 17.7 Å². The van der Waals surface area contributed by atoms with Gasteiger partial charge in [0.2, 0.25) is 5.88 Å². The van der Waals surface area contributed by atoms with Gasteiger partial charge < -0.3 is 9.30 Å². The maximum atomic E-state index is 13.0. The van der Waals surface area contributed by atoms with Crippen LogP contribution in [0.4, 0.5) is 13.2 Å². The molecule has 1 fully saturated rings. The van der Waals surface area contributed by atoms with E-state index in [4.69, 9.17) is 14.8 Å². The molecule has 5 aromatic rings. The third-order valence-corrected chi connectivity index (χ3v) is 6.44. The average Bonchev–Trinajstić information content (AvgIpc) is 3.51. The van der Waals surface area contributed by atoms with Crippen molar-refractivity contribution in [2.75, 3.05) is 7.11 Å². The number of hydrogen-bond donors (Lipinski definition) is 0. The number of hydrogen-bond acceptors (Lipinski definition) is 6. The quantitative estimate of drug-likeness (QED) is 0.320. The molecule has 8 nitrogen and oxygen atoms in total. The minimum atomic E-state index is -4.49. The zero-order valence-electron chi connectivity index (χ0n) is 20.1. The lowest BCUT2D eigenvalue weighted by Gasteiger charge is -2.08. The molecule has 0 unspecified atom stereocenters. The van der Waals surface area contributed by atoms with E-state index in [0.29, 0.717) is 35.3 Å². The van der Waals surface area contributed by atoms with Crippen LogP contribution >= 0.6 is 0 Å². The summed E-state index contributed by atoms with van der Waals surface area (Å²) in [5, 5.41) is 4.69. The predicted octanol–water partition coefficient (Wildman–Crippen LogP) is 5.08. The first-order chi connectivity index (χ1) is 17.8. The largest absolute Gasteiger partial charge is 0.480 e. The third-order valence-electron chi connectivity index (χ3n) is 6.44. The Morgan fingerprint density at radius 2 is 1.84 bits per heavy atom. The summed E-state index contributed by atoms with van der Waals surface area (Å²) < 4.78 is 47.8. The zero-order valence-corrected chi connectivity index (χ0v) is 20.1. The molecule has 1 aliphatic rings. The minimum Gasteiger partial charge on any atom is -0.480 e. The van der Waals surface area contributed by atoms with Crippen LogP contribution in [-0.2, 0) is 19.6 Å². The lowest BCUT2D eigenvalue weighted by Crippen LogP contribution is -2.04. The van der Waals surface area contributed by atoms with Crippen LogP contribution in [0.3, 0.4) is 0 Å². The summed E-state index contributed by atoms with van der Waals surface area (Å²) in [6.07, 6.45) is 2.56. The van der Waals surface area contributed by atoms with Gasteiger partial charge in [-0.15, -0.1) is 5.10 Å². The Labute approximate surface area is 209 Å². The number of pyridine rings is 1. The Morgan fingerprint density at radius 1 is 1.05 bits per heavy atom. The SMILES string of the molecule is COc1ncnc(C2CC2)c1-c1nc2c(Cc3ccc(-c4nc(C(F)(F)F)cn4C)cc3)cccn2n1. The maximum absolute atomic E-state index is 13.0. The molecule has 0 amide bonds. The van der Waals surface area contributed by atoms with Crippen molar-refractivity contribution < 1.29 is 17.9 Å². The summed E-state index contributed by atoms with van der Waals surface area (Å²) in [5.74, 6) is 1.58. The van der Waals surface area contributed by atoms with Crippen LogP contribution in [0.2, 0.25) is 0 Å². The first-order valence-corrected chi connectivity index (χ1v) is 11.7. The Hall–Kier alpha value is -4.28. The van der Waals surface area contributed by atoms with Gasteiger partial charge in [-0.3, -0.25) is 0 Å². The fourth-order valence-corrected chi connectivity index (χ4v) is 4.48. The molecular formula is C26H22F3N7O. The average molecular weight is 506 g/mol. The zero-order chi connectivity index (χ0) is 25.7. The number of rotatable bonds is 6. The van der Waals surface area contributed by atoms with Crippen molar-refractivity contribution in [3.8, 4) is 28.7 Å². The summed E-state index contributed by atoms with van der Waals surface area (Å²) in [7, 11) is 3.12. The first-order valence-electron chi connectivity index (χ1n) is 11.7. The van der Waals surface area contributed by atoms with Crippen molar-refractivity contribution in [3.05, 3.63) is 77.6 Å². The molecule has 188 valence electrons. The lowest BCUT2D eigenvalue weighted by molar-refractivity contribution is -0.140. The summed E-state index contributed by atoms with van der Waals surface area (Å²) in [4.78, 5) is 17.4. The number of aromatic nitrogens is 7. The van der Waals surface area contributed by atoms with Crippen LogP contribution in [0.25, 0.3) is 28.4 Å². The standard InChI is InChI=1S/C26H22F3N7O/c1-35-13-19(26(27,28)29)32-23(35)17-7-5-15(6-8-17)12-18-4-3-11-36-24(18)33-22(34-36)20-21(16-9-10-16)30-14-31-25(20)37-2/h3-8,11,13-14,16H,9-10,12H2,1-2H3. The van der Waals surface area contributed by atoms with Crippen molar-refractivity contribution in [2.45, 2.75) is 31.4 Å². The lowest BCUT2D eigenvalue weighted by atomic mass is 10.0. The van der Waals surface area contributed by atoms with Crippen LogP contribution in [0, 0.1) is 0 Å². The number of nitrogens with zero attached hydrogens (tertiary/aromatic N) is 7. The van der Waals surface area contributed by atoms with E-state index in [1.54, 1.807) is 30.8 Å². The van der Waals surface area contributed by atoms with Crippen LogP contribution in [0.15, 0.2) is 55.1 Å². The van der Waals surface area contributed by atoms with E-state index in [1.807, 2.05) is 30.5 Å². The second-order valence-electron chi connectivity index (χ2n) is 9.09. The maximum Gasteiger partial charge on any atom is 0.434 e. The van der Waals surface area contributed by atoms with Gasteiger partial charge in [0.25, 0.3) is 0 Å². The summed E-state index contributed by atoms with van der Waals surface area (Å²) in [6, 6.07) is 11.2. The van der Waals surface area contributed by atoms with E-state index in [0.717, 1.165) is 41.4 Å². The number of ether oxygens (including phenoxy) is 1. The van der Waals surface area contributed by atoms with Gasteiger partial charge in [0.15, 0.2) is 17.2 Å². The molecule has 6 rings (SSSR count). The van der Waals surface area contributed by atoms with E-state index >= 15 is 0 Å². The van der Waals surface area contributed by atoms with E-state index in [2.05, 4.69) is 15.0 Å². The molecule has 37 heavy (non-hydrogen) atoms. The fraction of sp³-hybridized carbons (Fsp3) is 0.269. The van der Waals surface area contributed by atoms with E-state index < -0.39 is 11.9 Å². The van der Waals surface area contributed by atoms with Gasteiger partial charge in [-0.25, -0.2) is 24.5 Å². The Balaban J connectivity index is 1.32. The van der Waals surface area contributed by atoms with Crippen molar-refractivity contribution in [2.24, 2.45) is 7.05 Å². The second-order valence-corrected chi connectivity index (χ2v) is 9.09. The van der Waals surface area contributed by atoms with Gasteiger partial charge in [-0.05, 0) is 24.5 Å². The molecule has 4 heterocycles. The van der Waals surface area contributed by atoms with Crippen molar-refractivity contribution >= 4 is 5.65 Å². The fourth-order valence-electron chi connectivity index (χ4n) is 4.48. The minimum absolute atomic E-state index is 0.258. The molecule has 0 spiro atoms. The number of alkyl halides is 3. The normalized spacial score (nSPS) is 13.9. The molecule has 0 radical (unpaired) electrons. The molecule has 1 aromatic carbocycles. The van der Waals surface area contributed by atoms with Crippen LogP contribution in [0.5, 0.6) is 5.88 Å². The highest BCUT2D eigenvalue weighted by Crippen LogP contribution is 2.45. The van der Waals surface area contributed by atoms with Gasteiger partial charge in [0.05, 0.1) is 12.8 Å². The van der Waals surface area contributed by atoms with Gasteiger partial charge in [-0.2, -0.15) is 13.2 Å². The highest BCUT2D eigenvalue weighted by molar-refractivity contribution is 5.68. The molecule has 4 aromatic heterocycles. The van der Waals surface area contributed by atoms with Crippen LogP contribution in [-0.4, -0.2) is 41.2 Å². The molecule has 11 heteroatoms. The highest BCUT2D eigenvalue weighted by atomic mass is 19.4. The van der Waals surface area contributed by atoms with Crippen molar-refractivity contribution in [1.29, 1.82) is 0 Å². The highest BCUT2D eigenvalue weighted by Gasteiger charge is 2.34. The number of methoxy groups -OCH3 is 1. The van der Waals surface area contributed by atoms with Gasteiger partial charge >= 0.3 is 6.18 Å². The number of benzene rings is 1. The molecule has 1 saturated carbocycles. The van der Waals surface area contributed by atoms with Crippen molar-refractivity contribution in [1.82, 2.24) is 34.1 Å². The second kappa shape index (κ2) is 8.68. The number of aryl methyl sites for hydroxylation is 1. The monoisotopic (exact) mass is 505 g/mol. The molecule has 0 atom stereocenters. The van der Waals surface area contributed by atoms with E-state index in [9.17, 15) is 13.2 Å². The van der Waals surface area contributed by atoms with Gasteiger partial charge in [0, 0.05) is 42.9 Å². The van der Waals surface area contributed by atoms with Crippen LogP contribution in [0.1, 0.15) is 41.3 Å². The predicted molar refractivity (Wildman–Crippen MR) is 129 cm³/mol. The smallest absolute Gasteiger partial charge is 0.434 e. The van der Waals surface area contributed by atoms with E-state index in [1.165, 1.54) is 10.9 Å². The molecule has 0 saturated heterocycles. The van der Waals surface area contributed by atoms with Gasteiger partial charge in [-0.1, -0.05) is 30.3 Å². The number of halogens is 3. The number of fused-ring (bicyclic) bond motifs is 1. The molecule has 0 bridgehead atoms. The summed E-state index contributed by atoms with van der Waals surface area (Å²) in [6.45, 7) is 0. The Morgan fingerprint density at radius 3 is 2.51 bits per heavy atom. The number of imidazole rings is 1. The third kappa shape index (κ3) is 4.30. The molecular weight excluding hydrogens is 483 g/mol. The Bertz CT molecular complexity index is 1600. The summed E-state index contributed by atoms with van der Waals surface area (Å²) in [5.41, 5.74) is 3.96. The molecule has 0 N–H and O–H groups in total. The molecule has 0 aliphatic heterocycles.